The van der Waals surface area contributed by atoms with Crippen LogP contribution in [0.4, 0.5) is 5.95 Å². The maximum absolute atomic E-state index is 5.97. The van der Waals surface area contributed by atoms with Gasteiger partial charge >= 0.3 is 0 Å². The molecule has 5 heteroatoms. The van der Waals surface area contributed by atoms with E-state index in [-0.39, 0.29) is 5.41 Å². The summed E-state index contributed by atoms with van der Waals surface area (Å²) in [6.45, 7) is 8.84. The average Bonchev–Trinajstić information content (AvgIpc) is 3.07. The van der Waals surface area contributed by atoms with Crippen LogP contribution in [0.2, 0.25) is 5.02 Å². The van der Waals surface area contributed by atoms with Crippen molar-refractivity contribution >= 4 is 28.6 Å². The molecule has 162 valence electrons. The SMILES string of the molecule is CC(Nc1nc2cc(C#Cc3ccc(-c4ccc(Cl)cc4)cn3)ccc2n1C)C(C)(C)C. The first kappa shape index (κ1) is 21.9. The summed E-state index contributed by atoms with van der Waals surface area (Å²) in [5.41, 5.74) is 5.89. The van der Waals surface area contributed by atoms with E-state index in [0.717, 1.165) is 44.4 Å². The number of pyridine rings is 1. The molecule has 0 aliphatic carbocycles. The molecule has 0 fully saturated rings. The Morgan fingerprint density at radius 3 is 2.34 bits per heavy atom. The van der Waals surface area contributed by atoms with Crippen molar-refractivity contribution < 1.29 is 0 Å². The third-order valence-corrected chi connectivity index (χ3v) is 6.05. The molecule has 4 rings (SSSR count). The molecule has 4 aromatic rings. The van der Waals surface area contributed by atoms with Gasteiger partial charge in [0.25, 0.3) is 0 Å². The highest BCUT2D eigenvalue weighted by Gasteiger charge is 2.21. The lowest BCUT2D eigenvalue weighted by atomic mass is 9.88. The van der Waals surface area contributed by atoms with Gasteiger partial charge in [-0.3, -0.25) is 0 Å². The third kappa shape index (κ3) is 4.79. The Kier molecular flexibility index (Phi) is 5.95. The molecule has 0 aliphatic rings. The molecule has 2 aromatic heterocycles. The number of benzene rings is 2. The summed E-state index contributed by atoms with van der Waals surface area (Å²) in [4.78, 5) is 9.28. The number of rotatable bonds is 3. The summed E-state index contributed by atoms with van der Waals surface area (Å²) in [7, 11) is 2.03. The van der Waals surface area contributed by atoms with Gasteiger partial charge in [0, 0.05) is 35.4 Å². The van der Waals surface area contributed by atoms with Gasteiger partial charge in [-0.1, -0.05) is 56.5 Å². The maximum Gasteiger partial charge on any atom is 0.203 e. The lowest BCUT2D eigenvalue weighted by molar-refractivity contribution is 0.357. The number of fused-ring (bicyclic) bond motifs is 1. The van der Waals surface area contributed by atoms with Crippen molar-refractivity contribution in [3.05, 3.63) is 77.1 Å². The Balaban J connectivity index is 1.54. The highest BCUT2D eigenvalue weighted by molar-refractivity contribution is 6.30. The Morgan fingerprint density at radius 2 is 1.69 bits per heavy atom. The fraction of sp³-hybridized carbons (Fsp3) is 0.259. The van der Waals surface area contributed by atoms with E-state index in [1.54, 1.807) is 0 Å². The number of halogens is 1. The van der Waals surface area contributed by atoms with Crippen LogP contribution >= 0.6 is 11.6 Å². The van der Waals surface area contributed by atoms with Gasteiger partial charge in [0.2, 0.25) is 5.95 Å². The van der Waals surface area contributed by atoms with Crippen LogP contribution in [0.3, 0.4) is 0 Å². The van der Waals surface area contributed by atoms with Gasteiger partial charge in [0.15, 0.2) is 0 Å². The minimum absolute atomic E-state index is 0.144. The number of aryl methyl sites for hydroxylation is 1. The predicted molar refractivity (Wildman–Crippen MR) is 134 cm³/mol. The molecule has 0 amide bonds. The largest absolute Gasteiger partial charge is 0.353 e. The number of hydrogen-bond acceptors (Lipinski definition) is 3. The Labute approximate surface area is 194 Å². The van der Waals surface area contributed by atoms with Gasteiger partial charge in [0.05, 0.1) is 11.0 Å². The molecule has 0 radical (unpaired) electrons. The van der Waals surface area contributed by atoms with E-state index in [4.69, 9.17) is 16.6 Å². The van der Waals surface area contributed by atoms with Crippen molar-refractivity contribution in [2.45, 2.75) is 33.7 Å². The van der Waals surface area contributed by atoms with Crippen LogP contribution in [0.1, 0.15) is 39.0 Å². The standard InChI is InChI=1S/C27H27ClN4/c1-18(27(2,3)4)30-26-31-24-16-19(7-15-25(24)32(26)5)6-13-23-14-10-21(17-29-23)20-8-11-22(28)12-9-20/h7-12,14-18H,1-5H3,(H,30,31). The van der Waals surface area contributed by atoms with E-state index in [1.165, 1.54) is 0 Å². The van der Waals surface area contributed by atoms with Crippen LogP contribution in [0.15, 0.2) is 60.8 Å². The van der Waals surface area contributed by atoms with Gasteiger partial charge in [-0.25, -0.2) is 9.97 Å². The van der Waals surface area contributed by atoms with Crippen LogP contribution in [0.25, 0.3) is 22.2 Å². The monoisotopic (exact) mass is 442 g/mol. The molecule has 2 heterocycles. The Bertz CT molecular complexity index is 1300. The highest BCUT2D eigenvalue weighted by atomic mass is 35.5. The quantitative estimate of drug-likeness (QED) is 0.366. The zero-order valence-electron chi connectivity index (χ0n) is 19.1. The van der Waals surface area contributed by atoms with Crippen molar-refractivity contribution in [3.8, 4) is 23.0 Å². The lowest BCUT2D eigenvalue weighted by Crippen LogP contribution is -2.31. The molecule has 32 heavy (non-hydrogen) atoms. The number of imidazole rings is 1. The second-order valence-corrected chi connectivity index (χ2v) is 9.56. The summed E-state index contributed by atoms with van der Waals surface area (Å²) in [6.07, 6.45) is 1.84. The van der Waals surface area contributed by atoms with Crippen molar-refractivity contribution in [3.63, 3.8) is 0 Å². The van der Waals surface area contributed by atoms with Crippen LogP contribution in [0.5, 0.6) is 0 Å². The zero-order valence-corrected chi connectivity index (χ0v) is 19.8. The van der Waals surface area contributed by atoms with Gasteiger partial charge in [-0.15, -0.1) is 0 Å². The van der Waals surface area contributed by atoms with Gasteiger partial charge < -0.3 is 9.88 Å². The number of anilines is 1. The molecule has 0 aliphatic heterocycles. The minimum Gasteiger partial charge on any atom is -0.353 e. The van der Waals surface area contributed by atoms with Crippen LogP contribution < -0.4 is 5.32 Å². The number of hydrogen-bond donors (Lipinski definition) is 1. The molecule has 0 saturated heterocycles. The molecule has 4 nitrogen and oxygen atoms in total. The summed E-state index contributed by atoms with van der Waals surface area (Å²) in [5.74, 6) is 7.24. The summed E-state index contributed by atoms with van der Waals surface area (Å²) < 4.78 is 2.09. The van der Waals surface area contributed by atoms with Crippen LogP contribution in [0, 0.1) is 17.3 Å². The van der Waals surface area contributed by atoms with Crippen molar-refractivity contribution in [2.75, 3.05) is 5.32 Å². The molecule has 2 aromatic carbocycles. The summed E-state index contributed by atoms with van der Waals surface area (Å²) in [5, 5.41) is 4.26. The van der Waals surface area contributed by atoms with E-state index in [0.29, 0.717) is 6.04 Å². The Hall–Kier alpha value is -3.29. The van der Waals surface area contributed by atoms with Crippen molar-refractivity contribution in [1.29, 1.82) is 0 Å². The fourth-order valence-electron chi connectivity index (χ4n) is 3.23. The number of nitrogens with zero attached hydrogens (tertiary/aromatic N) is 3. The molecule has 0 bridgehead atoms. The Morgan fingerprint density at radius 1 is 0.969 bits per heavy atom. The topological polar surface area (TPSA) is 42.7 Å². The summed E-state index contributed by atoms with van der Waals surface area (Å²) in [6, 6.07) is 18.1. The third-order valence-electron chi connectivity index (χ3n) is 5.80. The van der Waals surface area contributed by atoms with E-state index in [1.807, 2.05) is 61.8 Å². The number of aromatic nitrogens is 3. The molecule has 1 unspecified atom stereocenters. The molecule has 1 atom stereocenters. The second kappa shape index (κ2) is 8.68. The van der Waals surface area contributed by atoms with Gasteiger partial charge in [0.1, 0.15) is 5.69 Å². The van der Waals surface area contributed by atoms with E-state index in [9.17, 15) is 0 Å². The minimum atomic E-state index is 0.144. The van der Waals surface area contributed by atoms with E-state index < -0.39 is 0 Å². The lowest BCUT2D eigenvalue weighted by Gasteiger charge is -2.28. The summed E-state index contributed by atoms with van der Waals surface area (Å²) >= 11 is 5.97. The normalized spacial score (nSPS) is 12.3. The van der Waals surface area contributed by atoms with E-state index in [2.05, 4.69) is 60.5 Å². The predicted octanol–water partition coefficient (Wildman–Crippen LogP) is 6.54. The highest BCUT2D eigenvalue weighted by Crippen LogP contribution is 2.25. The second-order valence-electron chi connectivity index (χ2n) is 9.12. The smallest absolute Gasteiger partial charge is 0.203 e. The van der Waals surface area contributed by atoms with Crippen LogP contribution in [-0.2, 0) is 7.05 Å². The first-order valence-corrected chi connectivity index (χ1v) is 11.1. The molecule has 0 saturated carbocycles. The van der Waals surface area contributed by atoms with Crippen molar-refractivity contribution in [2.24, 2.45) is 12.5 Å². The zero-order chi connectivity index (χ0) is 22.9. The first-order chi connectivity index (χ1) is 15.2. The van der Waals surface area contributed by atoms with Crippen LogP contribution in [-0.4, -0.2) is 20.6 Å². The van der Waals surface area contributed by atoms with E-state index >= 15 is 0 Å². The maximum atomic E-state index is 5.97. The van der Waals surface area contributed by atoms with Crippen molar-refractivity contribution in [1.82, 2.24) is 14.5 Å². The molecular weight excluding hydrogens is 416 g/mol. The van der Waals surface area contributed by atoms with Gasteiger partial charge in [-0.2, -0.15) is 0 Å². The fourth-order valence-corrected chi connectivity index (χ4v) is 3.36. The number of nitrogens with one attached hydrogen (secondary N) is 1. The van der Waals surface area contributed by atoms with Gasteiger partial charge in [-0.05, 0) is 60.2 Å². The molecule has 1 N–H and O–H groups in total. The molecule has 0 spiro atoms. The first-order valence-electron chi connectivity index (χ1n) is 10.7. The molecular formula is C27H27ClN4. The average molecular weight is 443 g/mol.